The second-order valence-corrected chi connectivity index (χ2v) is 12.3. The summed E-state index contributed by atoms with van der Waals surface area (Å²) in [6.45, 7) is 11.1. The van der Waals surface area contributed by atoms with Gasteiger partial charge in [0.05, 0.1) is 22.4 Å². The van der Waals surface area contributed by atoms with E-state index in [-0.39, 0.29) is 34.8 Å². The third-order valence-electron chi connectivity index (χ3n) is 6.73. The Labute approximate surface area is 235 Å². The maximum Gasteiger partial charge on any atom is 0.240 e. The van der Waals surface area contributed by atoms with E-state index in [0.717, 1.165) is 47.3 Å². The maximum absolute atomic E-state index is 13.7. The summed E-state index contributed by atoms with van der Waals surface area (Å²) in [5.41, 5.74) is 4.35. The first kappa shape index (κ1) is 28.2. The molecule has 2 heterocycles. The lowest BCUT2D eigenvalue weighted by molar-refractivity contribution is -0.122. The predicted molar refractivity (Wildman–Crippen MR) is 158 cm³/mol. The van der Waals surface area contributed by atoms with E-state index >= 15 is 0 Å². The first-order chi connectivity index (χ1) is 18.1. The molecule has 202 valence electrons. The molecule has 6 nitrogen and oxygen atoms in total. The van der Waals surface area contributed by atoms with E-state index in [2.05, 4.69) is 33.0 Å². The molecule has 2 aromatic carbocycles. The lowest BCUT2D eigenvalue weighted by atomic mass is 9.87. The molecule has 1 unspecified atom stereocenters. The molecule has 8 heteroatoms. The third-order valence-corrected chi connectivity index (χ3v) is 8.32. The standard InChI is InChI=1S/C30H37ClN4O2S/c1-6-7-12-17-32-24(36)18-34-25(37)19-38-27(21-14-9-10-15-22(21)31)26-28(30(3,4)5)33-35(29(26)34)23-16-11-8-13-20(23)2/h8-11,13-16,27H,6-7,12,17-19H2,1-5H3,(H,32,36). The minimum absolute atomic E-state index is 0.0606. The summed E-state index contributed by atoms with van der Waals surface area (Å²) in [5.74, 6) is 0.583. The lowest BCUT2D eigenvalue weighted by Gasteiger charge is -2.25. The summed E-state index contributed by atoms with van der Waals surface area (Å²) in [7, 11) is 0. The summed E-state index contributed by atoms with van der Waals surface area (Å²) < 4.78 is 1.86. The summed E-state index contributed by atoms with van der Waals surface area (Å²) in [5, 5.41) is 8.59. The Morgan fingerprint density at radius 3 is 2.53 bits per heavy atom. The number of carbonyl (C=O) groups is 2. The van der Waals surface area contributed by atoms with E-state index in [0.29, 0.717) is 17.4 Å². The molecule has 1 aliphatic heterocycles. The Morgan fingerprint density at radius 1 is 1.13 bits per heavy atom. The van der Waals surface area contributed by atoms with Crippen molar-refractivity contribution in [1.82, 2.24) is 15.1 Å². The largest absolute Gasteiger partial charge is 0.355 e. The molecule has 0 saturated carbocycles. The summed E-state index contributed by atoms with van der Waals surface area (Å²) in [6.07, 6.45) is 3.05. The molecule has 3 aromatic rings. The Kier molecular flexibility index (Phi) is 8.89. The molecule has 0 spiro atoms. The number of aryl methyl sites for hydroxylation is 1. The zero-order chi connectivity index (χ0) is 27.4. The number of nitrogens with zero attached hydrogens (tertiary/aromatic N) is 3. The van der Waals surface area contributed by atoms with Crippen molar-refractivity contribution in [2.75, 3.05) is 23.7 Å². The van der Waals surface area contributed by atoms with Crippen LogP contribution in [-0.2, 0) is 15.0 Å². The number of unbranched alkanes of at least 4 members (excludes halogenated alkanes) is 2. The van der Waals surface area contributed by atoms with E-state index < -0.39 is 0 Å². The van der Waals surface area contributed by atoms with Gasteiger partial charge in [-0.1, -0.05) is 88.5 Å². The van der Waals surface area contributed by atoms with Gasteiger partial charge >= 0.3 is 0 Å². The quantitative estimate of drug-likeness (QED) is 0.319. The Bertz CT molecular complexity index is 1310. The molecule has 38 heavy (non-hydrogen) atoms. The summed E-state index contributed by atoms with van der Waals surface area (Å²) in [4.78, 5) is 28.5. The van der Waals surface area contributed by atoms with Crippen molar-refractivity contribution in [2.45, 2.75) is 64.5 Å². The van der Waals surface area contributed by atoms with Gasteiger partial charge in [-0.15, -0.1) is 11.8 Å². The number of hydrogen-bond acceptors (Lipinski definition) is 4. The normalized spacial score (nSPS) is 15.8. The zero-order valence-corrected chi connectivity index (χ0v) is 24.5. The summed E-state index contributed by atoms with van der Waals surface area (Å²) in [6, 6.07) is 15.8. The molecule has 0 aliphatic carbocycles. The van der Waals surface area contributed by atoms with Crippen LogP contribution in [-0.4, -0.2) is 40.4 Å². The average Bonchev–Trinajstić information content (AvgIpc) is 3.21. The molecule has 1 N–H and O–H groups in total. The number of fused-ring (bicyclic) bond motifs is 1. The zero-order valence-electron chi connectivity index (χ0n) is 22.9. The van der Waals surface area contributed by atoms with Gasteiger partial charge < -0.3 is 5.32 Å². The number of anilines is 1. The molecule has 1 aromatic heterocycles. The molecule has 4 rings (SSSR count). The number of nitrogens with one attached hydrogen (secondary N) is 1. The van der Waals surface area contributed by atoms with E-state index in [9.17, 15) is 9.59 Å². The van der Waals surface area contributed by atoms with Crippen LogP contribution in [0.5, 0.6) is 0 Å². The second-order valence-electron chi connectivity index (χ2n) is 10.8. The van der Waals surface area contributed by atoms with Crippen molar-refractivity contribution >= 4 is 41.0 Å². The molecule has 0 saturated heterocycles. The number of hydrogen-bond donors (Lipinski definition) is 1. The van der Waals surface area contributed by atoms with Crippen molar-refractivity contribution in [3.8, 4) is 5.69 Å². The van der Waals surface area contributed by atoms with E-state index in [1.807, 2.05) is 60.1 Å². The number of carbonyl (C=O) groups excluding carboxylic acids is 2. The van der Waals surface area contributed by atoms with Gasteiger partial charge in [-0.25, -0.2) is 4.68 Å². The van der Waals surface area contributed by atoms with Gasteiger partial charge in [-0.05, 0) is 36.6 Å². The fraction of sp³-hybridized carbons (Fsp3) is 0.433. The highest BCUT2D eigenvalue weighted by Gasteiger charge is 2.40. The van der Waals surface area contributed by atoms with Crippen LogP contribution in [0, 0.1) is 6.92 Å². The van der Waals surface area contributed by atoms with Gasteiger partial charge in [0.1, 0.15) is 12.4 Å². The fourth-order valence-corrected chi connectivity index (χ4v) is 6.32. The van der Waals surface area contributed by atoms with Gasteiger partial charge in [0.15, 0.2) is 0 Å². The Morgan fingerprint density at radius 2 is 1.84 bits per heavy atom. The molecular weight excluding hydrogens is 516 g/mol. The first-order valence-corrected chi connectivity index (χ1v) is 14.7. The third kappa shape index (κ3) is 5.94. The van der Waals surface area contributed by atoms with Crippen molar-refractivity contribution in [3.63, 3.8) is 0 Å². The van der Waals surface area contributed by atoms with Crippen molar-refractivity contribution < 1.29 is 9.59 Å². The summed E-state index contributed by atoms with van der Waals surface area (Å²) >= 11 is 8.27. The van der Waals surface area contributed by atoms with Gasteiger partial charge in [-0.3, -0.25) is 14.5 Å². The van der Waals surface area contributed by atoms with Gasteiger partial charge in [0.25, 0.3) is 0 Å². The van der Waals surface area contributed by atoms with Gasteiger partial charge in [-0.2, -0.15) is 5.10 Å². The highest BCUT2D eigenvalue weighted by molar-refractivity contribution is 8.00. The van der Waals surface area contributed by atoms with Crippen LogP contribution in [0.25, 0.3) is 5.69 Å². The number of halogens is 1. The lowest BCUT2D eigenvalue weighted by Crippen LogP contribution is -2.42. The number of thioether (sulfide) groups is 1. The van der Waals surface area contributed by atoms with Crippen LogP contribution < -0.4 is 10.2 Å². The van der Waals surface area contributed by atoms with Crippen molar-refractivity contribution in [2.24, 2.45) is 0 Å². The second kappa shape index (κ2) is 12.0. The minimum atomic E-state index is -0.320. The molecule has 1 aliphatic rings. The molecule has 1 atom stereocenters. The topological polar surface area (TPSA) is 67.2 Å². The predicted octanol–water partition coefficient (Wildman–Crippen LogP) is 6.61. The average molecular weight is 553 g/mol. The van der Waals surface area contributed by atoms with E-state index in [1.165, 1.54) is 11.8 Å². The van der Waals surface area contributed by atoms with Crippen molar-refractivity contribution in [1.29, 1.82) is 0 Å². The SMILES string of the molecule is CCCCCNC(=O)CN1C(=O)CSC(c2ccccc2Cl)c2c(C(C)(C)C)nn(-c3ccccc3C)c21. The van der Waals surface area contributed by atoms with Gasteiger partial charge in [0.2, 0.25) is 11.8 Å². The van der Waals surface area contributed by atoms with Crippen LogP contribution in [0.3, 0.4) is 0 Å². The number of benzene rings is 2. The van der Waals surface area contributed by atoms with Crippen LogP contribution >= 0.6 is 23.4 Å². The van der Waals surface area contributed by atoms with E-state index in [4.69, 9.17) is 16.7 Å². The monoisotopic (exact) mass is 552 g/mol. The fourth-order valence-electron chi connectivity index (χ4n) is 4.78. The smallest absolute Gasteiger partial charge is 0.240 e. The van der Waals surface area contributed by atoms with Crippen LogP contribution in [0.4, 0.5) is 5.82 Å². The molecule has 2 amide bonds. The first-order valence-electron chi connectivity index (χ1n) is 13.3. The molecule has 0 bridgehead atoms. The number of amides is 2. The Balaban J connectivity index is 1.93. The number of para-hydroxylation sites is 1. The number of rotatable bonds is 8. The molecular formula is C30H37ClN4O2S. The Hall–Kier alpha value is -2.77. The van der Waals surface area contributed by atoms with Crippen LogP contribution in [0.1, 0.15) is 74.6 Å². The maximum atomic E-state index is 13.7. The molecule has 0 radical (unpaired) electrons. The van der Waals surface area contributed by atoms with E-state index in [1.54, 1.807) is 4.90 Å². The van der Waals surface area contributed by atoms with Crippen LogP contribution in [0.15, 0.2) is 48.5 Å². The van der Waals surface area contributed by atoms with Crippen LogP contribution in [0.2, 0.25) is 5.02 Å². The van der Waals surface area contributed by atoms with Gasteiger partial charge in [0, 0.05) is 22.5 Å². The highest BCUT2D eigenvalue weighted by Crippen LogP contribution is 2.49. The van der Waals surface area contributed by atoms with Crippen molar-refractivity contribution in [3.05, 3.63) is 75.9 Å². The number of aromatic nitrogens is 2. The highest BCUT2D eigenvalue weighted by atomic mass is 35.5. The molecule has 0 fully saturated rings. The minimum Gasteiger partial charge on any atom is -0.355 e.